The first-order chi connectivity index (χ1) is 13.9. The third-order valence-electron chi connectivity index (χ3n) is 4.70. The Kier molecular flexibility index (Phi) is 5.54. The van der Waals surface area contributed by atoms with Crippen molar-refractivity contribution in [2.45, 2.75) is 24.3 Å². The molecular formula is C22H24N4O2S. The molecule has 0 aliphatic carbocycles. The lowest BCUT2D eigenvalue weighted by atomic mass is 10.1. The Hall–Kier alpha value is -2.48. The molecule has 0 amide bonds. The number of fused-ring (bicyclic) bond motifs is 1. The van der Waals surface area contributed by atoms with Gasteiger partial charge in [0.15, 0.2) is 5.82 Å². The minimum atomic E-state index is -0.949. The molecule has 2 aromatic heterocycles. The van der Waals surface area contributed by atoms with Gasteiger partial charge in [-0.2, -0.15) is 0 Å². The molecule has 0 bridgehead atoms. The number of ether oxygens (including phenoxy) is 1. The Balaban J connectivity index is 1.84. The van der Waals surface area contributed by atoms with Crippen molar-refractivity contribution in [2.75, 3.05) is 31.2 Å². The summed E-state index contributed by atoms with van der Waals surface area (Å²) in [6, 6.07) is 10.0. The van der Waals surface area contributed by atoms with Crippen LogP contribution < -0.4 is 4.90 Å². The quantitative estimate of drug-likeness (QED) is 0.643. The summed E-state index contributed by atoms with van der Waals surface area (Å²) in [6.45, 7) is 6.24. The van der Waals surface area contributed by atoms with Gasteiger partial charge in [-0.3, -0.25) is 4.98 Å². The maximum atomic E-state index is 10.1. The molecule has 150 valence electrons. The van der Waals surface area contributed by atoms with E-state index in [-0.39, 0.29) is 0 Å². The van der Waals surface area contributed by atoms with Gasteiger partial charge in [0.1, 0.15) is 5.82 Å². The average Bonchev–Trinajstić information content (AvgIpc) is 2.72. The fourth-order valence-electron chi connectivity index (χ4n) is 3.18. The van der Waals surface area contributed by atoms with Crippen molar-refractivity contribution in [2.24, 2.45) is 0 Å². The molecule has 3 heterocycles. The molecule has 4 rings (SSSR count). The molecular weight excluding hydrogens is 384 g/mol. The van der Waals surface area contributed by atoms with Crippen molar-refractivity contribution >= 4 is 35.4 Å². The first-order valence-electron chi connectivity index (χ1n) is 9.61. The van der Waals surface area contributed by atoms with Crippen molar-refractivity contribution in [3.63, 3.8) is 0 Å². The monoisotopic (exact) mass is 408 g/mol. The van der Waals surface area contributed by atoms with E-state index < -0.39 is 5.60 Å². The van der Waals surface area contributed by atoms with Gasteiger partial charge < -0.3 is 14.7 Å². The van der Waals surface area contributed by atoms with Crippen molar-refractivity contribution < 1.29 is 9.84 Å². The summed E-state index contributed by atoms with van der Waals surface area (Å²) < 4.78 is 5.48. The zero-order valence-electron chi connectivity index (χ0n) is 16.5. The van der Waals surface area contributed by atoms with E-state index in [1.165, 1.54) is 0 Å². The zero-order chi connectivity index (χ0) is 20.4. The van der Waals surface area contributed by atoms with E-state index in [9.17, 15) is 5.11 Å². The Morgan fingerprint density at radius 2 is 1.93 bits per heavy atom. The molecule has 1 N–H and O–H groups in total. The molecule has 1 aliphatic rings. The molecule has 1 aromatic carbocycles. The van der Waals surface area contributed by atoms with Gasteiger partial charge in [0.05, 0.1) is 34.9 Å². The van der Waals surface area contributed by atoms with E-state index in [0.717, 1.165) is 35.4 Å². The smallest absolute Gasteiger partial charge is 0.163 e. The van der Waals surface area contributed by atoms with E-state index in [0.29, 0.717) is 29.6 Å². The number of thiol groups is 1. The lowest BCUT2D eigenvalue weighted by Crippen LogP contribution is -2.37. The molecule has 0 atom stereocenters. The molecule has 0 unspecified atom stereocenters. The lowest BCUT2D eigenvalue weighted by molar-refractivity contribution is 0.122. The molecule has 29 heavy (non-hydrogen) atoms. The van der Waals surface area contributed by atoms with Gasteiger partial charge in [0.2, 0.25) is 0 Å². The van der Waals surface area contributed by atoms with Gasteiger partial charge in [0.25, 0.3) is 0 Å². The predicted octanol–water partition coefficient (Wildman–Crippen LogP) is 3.60. The van der Waals surface area contributed by atoms with Crippen LogP contribution in [0, 0.1) is 0 Å². The van der Waals surface area contributed by atoms with Crippen molar-refractivity contribution in [3.8, 4) is 11.4 Å². The summed E-state index contributed by atoms with van der Waals surface area (Å²) >= 11 is 4.71. The summed E-state index contributed by atoms with van der Waals surface area (Å²) in [5.41, 5.74) is 1.48. The molecule has 1 saturated heterocycles. The van der Waals surface area contributed by atoms with Crippen LogP contribution in [0.3, 0.4) is 0 Å². The van der Waals surface area contributed by atoms with Gasteiger partial charge in [0, 0.05) is 30.2 Å². The number of aliphatic hydroxyl groups is 1. The first-order valence-corrected chi connectivity index (χ1v) is 10.1. The third kappa shape index (κ3) is 4.58. The molecule has 6 nitrogen and oxygen atoms in total. The van der Waals surface area contributed by atoms with Crippen LogP contribution in [-0.4, -0.2) is 52.0 Å². The highest BCUT2D eigenvalue weighted by molar-refractivity contribution is 7.80. The standard InChI is InChI=1S/C22H24N4O2S/c1-22(2,27)8-7-18-19(29)21(26-9-11-28-12-10-26)25-20(24-18)16-13-15-5-3-4-6-17(15)23-14-16/h3-8,13-14,27,29H,9-12H2,1-2H3/b8-7+. The highest BCUT2D eigenvalue weighted by Crippen LogP contribution is 2.30. The Morgan fingerprint density at radius 1 is 1.17 bits per heavy atom. The Bertz CT molecular complexity index is 1060. The second-order valence-corrected chi connectivity index (χ2v) is 8.05. The first kappa shape index (κ1) is 19.8. The predicted molar refractivity (Wildman–Crippen MR) is 118 cm³/mol. The summed E-state index contributed by atoms with van der Waals surface area (Å²) in [5, 5.41) is 11.1. The number of para-hydroxylation sites is 1. The number of benzene rings is 1. The second kappa shape index (κ2) is 8.10. The molecule has 3 aromatic rings. The summed E-state index contributed by atoms with van der Waals surface area (Å²) in [4.78, 5) is 16.9. The van der Waals surface area contributed by atoms with Crippen molar-refractivity contribution in [3.05, 3.63) is 48.3 Å². The van der Waals surface area contributed by atoms with Gasteiger partial charge in [-0.05, 0) is 32.1 Å². The van der Waals surface area contributed by atoms with E-state index in [1.807, 2.05) is 30.3 Å². The van der Waals surface area contributed by atoms with Crippen LogP contribution in [0.25, 0.3) is 28.4 Å². The molecule has 0 spiro atoms. The average molecular weight is 409 g/mol. The van der Waals surface area contributed by atoms with Gasteiger partial charge >= 0.3 is 0 Å². The number of hydrogen-bond acceptors (Lipinski definition) is 7. The molecule has 7 heteroatoms. The third-order valence-corrected chi connectivity index (χ3v) is 5.13. The van der Waals surface area contributed by atoms with E-state index in [4.69, 9.17) is 27.3 Å². The SMILES string of the molecule is CC(C)(O)/C=C/c1nc(-c2cnc3ccccc3c2)nc(N2CCOCC2)c1S. The topological polar surface area (TPSA) is 71.4 Å². The number of anilines is 1. The fraction of sp³-hybridized carbons (Fsp3) is 0.318. The van der Waals surface area contributed by atoms with Crippen molar-refractivity contribution in [1.29, 1.82) is 0 Å². The largest absolute Gasteiger partial charge is 0.386 e. The van der Waals surface area contributed by atoms with Crippen molar-refractivity contribution in [1.82, 2.24) is 15.0 Å². The number of hydrogen-bond donors (Lipinski definition) is 2. The summed E-state index contributed by atoms with van der Waals surface area (Å²) in [6.07, 6.45) is 5.30. The van der Waals surface area contributed by atoms with Crippen LogP contribution in [0.4, 0.5) is 5.82 Å². The summed E-state index contributed by atoms with van der Waals surface area (Å²) in [7, 11) is 0. The van der Waals surface area contributed by atoms with E-state index >= 15 is 0 Å². The van der Waals surface area contributed by atoms with Crippen LogP contribution in [0.15, 0.2) is 47.5 Å². The van der Waals surface area contributed by atoms with E-state index in [1.54, 1.807) is 32.2 Å². The highest BCUT2D eigenvalue weighted by atomic mass is 32.1. The van der Waals surface area contributed by atoms with Crippen LogP contribution >= 0.6 is 12.6 Å². The Labute approximate surface area is 175 Å². The highest BCUT2D eigenvalue weighted by Gasteiger charge is 2.20. The lowest BCUT2D eigenvalue weighted by Gasteiger charge is -2.29. The minimum Gasteiger partial charge on any atom is -0.386 e. The molecule has 1 fully saturated rings. The van der Waals surface area contributed by atoms with Crippen LogP contribution in [-0.2, 0) is 4.74 Å². The van der Waals surface area contributed by atoms with E-state index in [2.05, 4.69) is 9.88 Å². The van der Waals surface area contributed by atoms with Gasteiger partial charge in [-0.15, -0.1) is 12.6 Å². The second-order valence-electron chi connectivity index (χ2n) is 7.61. The van der Waals surface area contributed by atoms with Crippen LogP contribution in [0.5, 0.6) is 0 Å². The number of nitrogens with zero attached hydrogens (tertiary/aromatic N) is 4. The van der Waals surface area contributed by atoms with Gasteiger partial charge in [-0.25, -0.2) is 9.97 Å². The molecule has 0 radical (unpaired) electrons. The maximum absolute atomic E-state index is 10.1. The number of aromatic nitrogens is 3. The minimum absolute atomic E-state index is 0.581. The number of pyridine rings is 1. The zero-order valence-corrected chi connectivity index (χ0v) is 17.4. The fourth-order valence-corrected chi connectivity index (χ4v) is 3.49. The van der Waals surface area contributed by atoms with Crippen LogP contribution in [0.1, 0.15) is 19.5 Å². The normalized spacial score (nSPS) is 15.4. The number of morpholine rings is 1. The Morgan fingerprint density at radius 3 is 2.69 bits per heavy atom. The van der Waals surface area contributed by atoms with Gasteiger partial charge in [-0.1, -0.05) is 24.3 Å². The maximum Gasteiger partial charge on any atom is 0.163 e. The molecule has 0 saturated carbocycles. The summed E-state index contributed by atoms with van der Waals surface area (Å²) in [5.74, 6) is 1.35. The number of rotatable bonds is 4. The van der Waals surface area contributed by atoms with Crippen LogP contribution in [0.2, 0.25) is 0 Å². The molecule has 1 aliphatic heterocycles.